The molecular formula is C8H11N3. The third-order valence-corrected chi connectivity index (χ3v) is 1.90. The molecule has 0 amide bonds. The summed E-state index contributed by atoms with van der Waals surface area (Å²) in [7, 11) is 2.06. The third-order valence-electron chi connectivity index (χ3n) is 1.90. The maximum atomic E-state index is 4.26. The second-order valence-corrected chi connectivity index (χ2v) is 2.91. The number of nitrogens with one attached hydrogen (secondary N) is 1. The molecule has 3 heteroatoms. The maximum absolute atomic E-state index is 4.26. The first-order chi connectivity index (χ1) is 5.27. The minimum absolute atomic E-state index is 0.867. The van der Waals surface area contributed by atoms with E-state index in [4.69, 9.17) is 0 Å². The van der Waals surface area contributed by atoms with Crippen LogP contribution in [0.3, 0.4) is 0 Å². The topological polar surface area (TPSA) is 28.2 Å². The van der Waals surface area contributed by atoms with Gasteiger partial charge >= 0.3 is 0 Å². The summed E-state index contributed by atoms with van der Waals surface area (Å²) in [4.78, 5) is 6.40. The normalized spacial score (nSPS) is 14.5. The van der Waals surface area contributed by atoms with Gasteiger partial charge in [0.1, 0.15) is 0 Å². The van der Waals surface area contributed by atoms with Crippen molar-refractivity contribution >= 4 is 11.5 Å². The summed E-state index contributed by atoms with van der Waals surface area (Å²) in [6.45, 7) is 2.92. The molecule has 1 aromatic rings. The van der Waals surface area contributed by atoms with Crippen molar-refractivity contribution in [1.29, 1.82) is 0 Å². The Bertz CT molecular complexity index is 283. The van der Waals surface area contributed by atoms with Gasteiger partial charge in [0, 0.05) is 13.2 Å². The molecule has 1 aromatic heterocycles. The SMILES string of the molecule is Cc1cnc2c(c1)N(C)CN2. The molecule has 1 aliphatic rings. The Morgan fingerprint density at radius 1 is 1.64 bits per heavy atom. The van der Waals surface area contributed by atoms with Crippen molar-refractivity contribution in [1.82, 2.24) is 4.98 Å². The second-order valence-electron chi connectivity index (χ2n) is 2.91. The molecule has 3 nitrogen and oxygen atoms in total. The van der Waals surface area contributed by atoms with E-state index in [0.29, 0.717) is 0 Å². The molecule has 0 fully saturated rings. The molecule has 1 N–H and O–H groups in total. The van der Waals surface area contributed by atoms with E-state index in [2.05, 4.69) is 35.2 Å². The zero-order valence-corrected chi connectivity index (χ0v) is 6.76. The Balaban J connectivity index is 2.52. The Morgan fingerprint density at radius 2 is 2.45 bits per heavy atom. The summed E-state index contributed by atoms with van der Waals surface area (Å²) in [5, 5.41) is 3.19. The molecule has 0 aromatic carbocycles. The first-order valence-electron chi connectivity index (χ1n) is 3.69. The molecule has 0 aliphatic carbocycles. The lowest BCUT2D eigenvalue weighted by Gasteiger charge is -2.08. The van der Waals surface area contributed by atoms with E-state index in [9.17, 15) is 0 Å². The summed E-state index contributed by atoms with van der Waals surface area (Å²) in [5.74, 6) is 0.998. The average molecular weight is 149 g/mol. The molecule has 0 atom stereocenters. The summed E-state index contributed by atoms with van der Waals surface area (Å²) in [6, 6.07) is 2.14. The highest BCUT2D eigenvalue weighted by Gasteiger charge is 2.14. The van der Waals surface area contributed by atoms with Gasteiger partial charge in [-0.1, -0.05) is 0 Å². The van der Waals surface area contributed by atoms with Crippen LogP contribution in [0.15, 0.2) is 12.3 Å². The maximum Gasteiger partial charge on any atom is 0.151 e. The van der Waals surface area contributed by atoms with Gasteiger partial charge in [-0.2, -0.15) is 0 Å². The zero-order chi connectivity index (χ0) is 7.84. The van der Waals surface area contributed by atoms with Gasteiger partial charge in [0.25, 0.3) is 0 Å². The van der Waals surface area contributed by atoms with Crippen molar-refractivity contribution in [2.24, 2.45) is 0 Å². The number of pyridine rings is 1. The Morgan fingerprint density at radius 3 is 3.27 bits per heavy atom. The average Bonchev–Trinajstić information content (AvgIpc) is 2.33. The number of aromatic nitrogens is 1. The van der Waals surface area contributed by atoms with E-state index in [1.54, 1.807) is 0 Å². The van der Waals surface area contributed by atoms with Crippen molar-refractivity contribution in [2.45, 2.75) is 6.92 Å². The predicted octanol–water partition coefficient (Wildman–Crippen LogP) is 1.21. The van der Waals surface area contributed by atoms with Crippen LogP contribution in [-0.2, 0) is 0 Å². The van der Waals surface area contributed by atoms with Crippen LogP contribution in [-0.4, -0.2) is 18.7 Å². The van der Waals surface area contributed by atoms with Crippen molar-refractivity contribution < 1.29 is 0 Å². The van der Waals surface area contributed by atoms with Crippen LogP contribution < -0.4 is 10.2 Å². The van der Waals surface area contributed by atoms with Crippen molar-refractivity contribution in [2.75, 3.05) is 23.9 Å². The molecule has 2 heterocycles. The van der Waals surface area contributed by atoms with Crippen molar-refractivity contribution in [3.8, 4) is 0 Å². The fourth-order valence-electron chi connectivity index (χ4n) is 1.26. The standard InChI is InChI=1S/C8H11N3/c1-6-3-7-8(9-4-6)10-5-11(7)2/h3-4H,5H2,1-2H3,(H,9,10). The summed E-state index contributed by atoms with van der Waals surface area (Å²) >= 11 is 0. The minimum atomic E-state index is 0.867. The highest BCUT2D eigenvalue weighted by atomic mass is 15.3. The summed E-state index contributed by atoms with van der Waals surface area (Å²) < 4.78 is 0. The zero-order valence-electron chi connectivity index (χ0n) is 6.76. The number of nitrogens with zero attached hydrogens (tertiary/aromatic N) is 2. The van der Waals surface area contributed by atoms with E-state index in [0.717, 1.165) is 12.5 Å². The van der Waals surface area contributed by atoms with Crippen LogP contribution in [0.2, 0.25) is 0 Å². The monoisotopic (exact) mass is 149 g/mol. The number of rotatable bonds is 0. The number of aryl methyl sites for hydroxylation is 1. The smallest absolute Gasteiger partial charge is 0.151 e. The molecule has 0 spiro atoms. The fourth-order valence-corrected chi connectivity index (χ4v) is 1.26. The first kappa shape index (κ1) is 6.46. The largest absolute Gasteiger partial charge is 0.354 e. The van der Waals surface area contributed by atoms with E-state index in [-0.39, 0.29) is 0 Å². The van der Waals surface area contributed by atoms with Crippen LogP contribution in [0.5, 0.6) is 0 Å². The lowest BCUT2D eigenvalue weighted by Crippen LogP contribution is -2.15. The van der Waals surface area contributed by atoms with E-state index in [1.165, 1.54) is 11.3 Å². The van der Waals surface area contributed by atoms with Gasteiger partial charge in [0.05, 0.1) is 12.4 Å². The van der Waals surface area contributed by atoms with Crippen LogP contribution in [0.4, 0.5) is 11.5 Å². The highest BCUT2D eigenvalue weighted by Crippen LogP contribution is 2.27. The van der Waals surface area contributed by atoms with E-state index in [1.807, 2.05) is 6.20 Å². The van der Waals surface area contributed by atoms with Crippen LogP contribution in [0.1, 0.15) is 5.56 Å². The Labute approximate surface area is 66.0 Å². The molecule has 0 bridgehead atoms. The Kier molecular flexibility index (Phi) is 1.24. The van der Waals surface area contributed by atoms with Gasteiger partial charge < -0.3 is 10.2 Å². The molecule has 58 valence electrons. The molecule has 0 unspecified atom stereocenters. The lowest BCUT2D eigenvalue weighted by molar-refractivity contribution is 1.03. The number of hydrogen-bond acceptors (Lipinski definition) is 3. The van der Waals surface area contributed by atoms with Gasteiger partial charge in [0.15, 0.2) is 5.82 Å². The van der Waals surface area contributed by atoms with Gasteiger partial charge in [-0.3, -0.25) is 0 Å². The van der Waals surface area contributed by atoms with Crippen molar-refractivity contribution in [3.05, 3.63) is 17.8 Å². The Hall–Kier alpha value is -1.25. The van der Waals surface area contributed by atoms with E-state index >= 15 is 0 Å². The number of hydrogen-bond donors (Lipinski definition) is 1. The van der Waals surface area contributed by atoms with Crippen LogP contribution in [0.25, 0.3) is 0 Å². The van der Waals surface area contributed by atoms with E-state index < -0.39 is 0 Å². The molecule has 1 aliphatic heterocycles. The van der Waals surface area contributed by atoms with Crippen molar-refractivity contribution in [3.63, 3.8) is 0 Å². The first-order valence-corrected chi connectivity index (χ1v) is 3.69. The molecule has 0 saturated carbocycles. The van der Waals surface area contributed by atoms with Gasteiger partial charge in [-0.25, -0.2) is 4.98 Å². The quantitative estimate of drug-likeness (QED) is 0.601. The second kappa shape index (κ2) is 2.12. The number of fused-ring (bicyclic) bond motifs is 1. The fraction of sp³-hybridized carbons (Fsp3) is 0.375. The van der Waals surface area contributed by atoms with Crippen LogP contribution >= 0.6 is 0 Å². The predicted molar refractivity (Wildman–Crippen MR) is 45.9 cm³/mol. The lowest BCUT2D eigenvalue weighted by atomic mass is 10.3. The molecule has 0 saturated heterocycles. The van der Waals surface area contributed by atoms with Gasteiger partial charge in [0.2, 0.25) is 0 Å². The molecule has 0 radical (unpaired) electrons. The third kappa shape index (κ3) is 0.926. The van der Waals surface area contributed by atoms with Crippen LogP contribution in [0, 0.1) is 6.92 Å². The minimum Gasteiger partial charge on any atom is -0.354 e. The van der Waals surface area contributed by atoms with Gasteiger partial charge in [-0.05, 0) is 18.6 Å². The van der Waals surface area contributed by atoms with Gasteiger partial charge in [-0.15, -0.1) is 0 Å². The molecular weight excluding hydrogens is 138 g/mol. The summed E-state index contributed by atoms with van der Waals surface area (Å²) in [6.07, 6.45) is 1.88. The molecule has 2 rings (SSSR count). The molecule has 11 heavy (non-hydrogen) atoms. The highest BCUT2D eigenvalue weighted by molar-refractivity contribution is 5.70. The number of anilines is 2. The summed E-state index contributed by atoms with van der Waals surface area (Å²) in [5.41, 5.74) is 2.41.